The Morgan fingerprint density at radius 2 is 1.76 bits per heavy atom. The molecule has 0 amide bonds. The second kappa shape index (κ2) is 5.89. The molecule has 1 atom stereocenters. The minimum atomic E-state index is -3.68. The van der Waals surface area contributed by atoms with Crippen molar-refractivity contribution in [2.45, 2.75) is 19.1 Å². The summed E-state index contributed by atoms with van der Waals surface area (Å²) in [5.41, 5.74) is 1.21. The fraction of sp³-hybridized carbons (Fsp3) is 0.400. The van der Waals surface area contributed by atoms with Gasteiger partial charge in [0.1, 0.15) is 5.25 Å². The number of likely N-dealkylation sites (N-methyl/N-ethyl adjacent to an activating group) is 1. The van der Waals surface area contributed by atoms with Crippen molar-refractivity contribution in [3.05, 3.63) is 46.5 Å². The van der Waals surface area contributed by atoms with Gasteiger partial charge in [-0.25, -0.2) is 13.2 Å². The molecule has 0 N–H and O–H groups in total. The maximum absolute atomic E-state index is 12.5. The molecule has 0 bridgehead atoms. The Balaban J connectivity index is 2.61. The fourth-order valence-corrected chi connectivity index (χ4v) is 4.60. The Kier molecular flexibility index (Phi) is 4.37. The van der Waals surface area contributed by atoms with Gasteiger partial charge in [-0.2, -0.15) is 0 Å². The second-order valence-corrected chi connectivity index (χ2v) is 6.68. The van der Waals surface area contributed by atoms with Crippen LogP contribution in [0.3, 0.4) is 0 Å². The molecule has 0 saturated heterocycles. The van der Waals surface area contributed by atoms with E-state index in [0.717, 1.165) is 0 Å². The van der Waals surface area contributed by atoms with E-state index in [1.54, 1.807) is 24.3 Å². The first-order chi connectivity index (χ1) is 9.98. The maximum Gasteiger partial charge on any atom is 0.351 e. The highest BCUT2D eigenvalue weighted by molar-refractivity contribution is 7.98. The van der Waals surface area contributed by atoms with Gasteiger partial charge in [0, 0.05) is 13.1 Å². The van der Waals surface area contributed by atoms with Gasteiger partial charge < -0.3 is 9.64 Å². The van der Waals surface area contributed by atoms with Gasteiger partial charge in [-0.05, 0) is 19.4 Å². The quantitative estimate of drug-likeness (QED) is 0.777. The number of hydrogen-bond donors (Lipinski definition) is 0. The van der Waals surface area contributed by atoms with Crippen LogP contribution < -0.4 is 0 Å². The van der Waals surface area contributed by atoms with Crippen LogP contribution in [0.5, 0.6) is 0 Å². The number of sulfone groups is 1. The molecule has 1 aliphatic rings. The molecular weight excluding hydrogens is 290 g/mol. The summed E-state index contributed by atoms with van der Waals surface area (Å²) in [5.74, 6) is -0.788. The first-order valence-electron chi connectivity index (χ1n) is 6.85. The van der Waals surface area contributed by atoms with E-state index >= 15 is 0 Å². The van der Waals surface area contributed by atoms with Gasteiger partial charge in [0.05, 0.1) is 12.8 Å². The molecule has 2 rings (SSSR count). The smallest absolute Gasteiger partial charge is 0.351 e. The lowest BCUT2D eigenvalue weighted by molar-refractivity contribution is -0.135. The SMILES string of the molecule is CCN(CC)C1=C(C(=O)OC)S(=O)(=O)C1c1ccccc1. The summed E-state index contributed by atoms with van der Waals surface area (Å²) < 4.78 is 29.7. The monoisotopic (exact) mass is 309 g/mol. The fourth-order valence-electron chi connectivity index (χ4n) is 2.62. The minimum absolute atomic E-state index is 0.206. The Labute approximate surface area is 125 Å². The van der Waals surface area contributed by atoms with Crippen molar-refractivity contribution in [2.75, 3.05) is 20.2 Å². The van der Waals surface area contributed by atoms with Crippen molar-refractivity contribution in [3.8, 4) is 0 Å². The maximum atomic E-state index is 12.5. The summed E-state index contributed by atoms with van der Waals surface area (Å²) in [6.07, 6.45) is 0. The molecule has 0 aliphatic carbocycles. The number of esters is 1. The Hall–Kier alpha value is -1.82. The highest BCUT2D eigenvalue weighted by atomic mass is 32.2. The summed E-state index contributed by atoms with van der Waals surface area (Å²) in [4.78, 5) is 13.5. The highest BCUT2D eigenvalue weighted by Crippen LogP contribution is 2.48. The number of hydrogen-bond acceptors (Lipinski definition) is 5. The number of benzene rings is 1. The summed E-state index contributed by atoms with van der Waals surface area (Å²) >= 11 is 0. The standard InChI is InChI=1S/C15H19NO4S/c1-4-16(5-2)12-13(11-9-7-6-8-10-11)21(18,19)14(12)15(17)20-3/h6-10,13H,4-5H2,1-3H3. The molecule has 1 unspecified atom stereocenters. The van der Waals surface area contributed by atoms with Crippen LogP contribution in [0.4, 0.5) is 0 Å². The molecule has 1 aromatic rings. The number of carbonyl (C=O) groups is 1. The van der Waals surface area contributed by atoms with Gasteiger partial charge in [-0.15, -0.1) is 0 Å². The molecule has 0 aromatic heterocycles. The van der Waals surface area contributed by atoms with E-state index in [1.165, 1.54) is 7.11 Å². The van der Waals surface area contributed by atoms with Crippen LogP contribution in [0.2, 0.25) is 0 Å². The van der Waals surface area contributed by atoms with Crippen LogP contribution >= 0.6 is 0 Å². The van der Waals surface area contributed by atoms with Gasteiger partial charge in [-0.3, -0.25) is 0 Å². The predicted octanol–water partition coefficient (Wildman–Crippen LogP) is 1.88. The van der Waals surface area contributed by atoms with Crippen molar-refractivity contribution in [3.63, 3.8) is 0 Å². The predicted molar refractivity (Wildman–Crippen MR) is 80.1 cm³/mol. The lowest BCUT2D eigenvalue weighted by atomic mass is 10.1. The Morgan fingerprint density at radius 1 is 1.19 bits per heavy atom. The average Bonchev–Trinajstić information content (AvgIpc) is 2.48. The lowest BCUT2D eigenvalue weighted by Gasteiger charge is -2.39. The van der Waals surface area contributed by atoms with Gasteiger partial charge >= 0.3 is 5.97 Å². The van der Waals surface area contributed by atoms with E-state index in [4.69, 9.17) is 0 Å². The van der Waals surface area contributed by atoms with Crippen molar-refractivity contribution in [1.82, 2.24) is 4.90 Å². The van der Waals surface area contributed by atoms with Gasteiger partial charge in [-0.1, -0.05) is 30.3 Å². The molecule has 5 nitrogen and oxygen atoms in total. The van der Waals surface area contributed by atoms with E-state index in [-0.39, 0.29) is 4.91 Å². The average molecular weight is 309 g/mol. The van der Waals surface area contributed by atoms with Crippen molar-refractivity contribution in [2.24, 2.45) is 0 Å². The normalized spacial score (nSPS) is 19.9. The van der Waals surface area contributed by atoms with Crippen LogP contribution in [0.25, 0.3) is 0 Å². The number of nitrogens with zero attached hydrogens (tertiary/aromatic N) is 1. The summed E-state index contributed by atoms with van der Waals surface area (Å²) in [5, 5.41) is -0.785. The van der Waals surface area contributed by atoms with Crippen LogP contribution in [-0.4, -0.2) is 39.5 Å². The molecule has 0 radical (unpaired) electrons. The zero-order chi connectivity index (χ0) is 15.6. The third-order valence-corrected chi connectivity index (χ3v) is 5.71. The van der Waals surface area contributed by atoms with E-state index in [1.807, 2.05) is 24.8 Å². The third kappa shape index (κ3) is 2.44. The van der Waals surface area contributed by atoms with Crippen LogP contribution in [0.1, 0.15) is 24.7 Å². The van der Waals surface area contributed by atoms with Crippen molar-refractivity contribution in [1.29, 1.82) is 0 Å². The van der Waals surface area contributed by atoms with Crippen LogP contribution in [0, 0.1) is 0 Å². The highest BCUT2D eigenvalue weighted by Gasteiger charge is 2.52. The van der Waals surface area contributed by atoms with E-state index < -0.39 is 21.1 Å². The Bertz CT molecular complexity index is 660. The van der Waals surface area contributed by atoms with Gasteiger partial charge in [0.2, 0.25) is 0 Å². The summed E-state index contributed by atoms with van der Waals surface area (Å²) in [7, 11) is -2.48. The number of carbonyl (C=O) groups excluding carboxylic acids is 1. The zero-order valence-corrected chi connectivity index (χ0v) is 13.2. The van der Waals surface area contributed by atoms with Crippen molar-refractivity contribution < 1.29 is 17.9 Å². The number of rotatable bonds is 5. The van der Waals surface area contributed by atoms with Gasteiger partial charge in [0.25, 0.3) is 0 Å². The first-order valence-corrected chi connectivity index (χ1v) is 8.39. The molecule has 1 aliphatic heterocycles. The largest absolute Gasteiger partial charge is 0.465 e. The molecule has 114 valence electrons. The lowest BCUT2D eigenvalue weighted by Crippen LogP contribution is -2.42. The third-order valence-electron chi connectivity index (χ3n) is 3.65. The molecule has 0 saturated carbocycles. The van der Waals surface area contributed by atoms with Gasteiger partial charge in [0.15, 0.2) is 14.7 Å². The van der Waals surface area contributed by atoms with E-state index in [9.17, 15) is 13.2 Å². The molecule has 1 aromatic carbocycles. The summed E-state index contributed by atoms with van der Waals surface area (Å²) in [6, 6.07) is 8.94. The van der Waals surface area contributed by atoms with E-state index in [0.29, 0.717) is 24.4 Å². The Morgan fingerprint density at radius 3 is 2.24 bits per heavy atom. The minimum Gasteiger partial charge on any atom is -0.465 e. The molecule has 1 heterocycles. The zero-order valence-electron chi connectivity index (χ0n) is 12.4. The van der Waals surface area contributed by atoms with Crippen LogP contribution in [-0.2, 0) is 19.4 Å². The molecule has 21 heavy (non-hydrogen) atoms. The molecule has 0 fully saturated rings. The number of ether oxygens (including phenoxy) is 1. The first kappa shape index (κ1) is 15.6. The molecular formula is C15H19NO4S. The topological polar surface area (TPSA) is 63.7 Å². The van der Waals surface area contributed by atoms with Crippen molar-refractivity contribution >= 4 is 15.8 Å². The van der Waals surface area contributed by atoms with E-state index in [2.05, 4.69) is 4.74 Å². The summed E-state index contributed by atoms with van der Waals surface area (Å²) in [6.45, 7) is 5.12. The molecule has 0 spiro atoms. The number of methoxy groups -OCH3 is 1. The molecule has 6 heteroatoms. The van der Waals surface area contributed by atoms with Crippen LogP contribution in [0.15, 0.2) is 40.9 Å². The second-order valence-electron chi connectivity index (χ2n) is 4.71.